The van der Waals surface area contributed by atoms with Crippen molar-refractivity contribution in [3.63, 3.8) is 0 Å². The van der Waals surface area contributed by atoms with Crippen LogP contribution in [0.25, 0.3) is 21.9 Å². The largest absolute Gasteiger partial charge is 0.507 e. The summed E-state index contributed by atoms with van der Waals surface area (Å²) in [5.74, 6) is 0.797. The minimum absolute atomic E-state index is 0.0599. The second-order valence-electron chi connectivity index (χ2n) is 11.5. The molecule has 0 aliphatic heterocycles. The Balaban J connectivity index is 2.12. The molecule has 0 atom stereocenters. The van der Waals surface area contributed by atoms with Gasteiger partial charge in [0.05, 0.1) is 5.39 Å². The number of ether oxygens (including phenoxy) is 3. The predicted octanol–water partition coefficient (Wildman–Crippen LogP) is 7.39. The number of benzene rings is 2. The molecule has 7 nitrogen and oxygen atoms in total. The number of hydrogen-bond acceptors (Lipinski definition) is 7. The van der Waals surface area contributed by atoms with Gasteiger partial charge in [-0.3, -0.25) is 9.69 Å². The van der Waals surface area contributed by atoms with Gasteiger partial charge in [-0.1, -0.05) is 25.3 Å². The summed E-state index contributed by atoms with van der Waals surface area (Å²) in [6.07, 6.45) is 7.34. The van der Waals surface area contributed by atoms with Gasteiger partial charge in [0, 0.05) is 30.8 Å². The van der Waals surface area contributed by atoms with Crippen molar-refractivity contribution in [1.82, 2.24) is 4.90 Å². The lowest BCUT2D eigenvalue weighted by Gasteiger charge is -2.29. The maximum atomic E-state index is 13.5. The molecule has 1 heterocycles. The molecule has 0 radical (unpaired) electrons. The molecule has 1 N–H and O–H groups in total. The zero-order chi connectivity index (χ0) is 29.8. The van der Waals surface area contributed by atoms with E-state index in [1.807, 2.05) is 33.8 Å². The molecule has 0 saturated carbocycles. The van der Waals surface area contributed by atoms with Gasteiger partial charge in [0.2, 0.25) is 11.2 Å². The number of rotatable bonds is 13. The van der Waals surface area contributed by atoms with Crippen molar-refractivity contribution in [2.45, 2.75) is 78.7 Å². The first kappa shape index (κ1) is 30.8. The number of aromatic hydroxyl groups is 1. The zero-order valence-electron chi connectivity index (χ0n) is 25.0. The molecule has 0 amide bonds. The summed E-state index contributed by atoms with van der Waals surface area (Å²) < 4.78 is 24.6. The Morgan fingerprint density at radius 3 is 2.20 bits per heavy atom. The summed E-state index contributed by atoms with van der Waals surface area (Å²) in [7, 11) is 0. The molecule has 0 aliphatic carbocycles. The predicted molar refractivity (Wildman–Crippen MR) is 163 cm³/mol. The van der Waals surface area contributed by atoms with Crippen molar-refractivity contribution in [2.75, 3.05) is 13.2 Å². The van der Waals surface area contributed by atoms with Crippen molar-refractivity contribution < 1.29 is 23.7 Å². The first-order valence-electron chi connectivity index (χ1n) is 13.6. The molecule has 3 rings (SSSR count). The SMILES string of the molecule is C=CC(C)(C)Oc1cc(O)c2c(=O)c3ccc(OC(C)(C)C=C)c(OC/C=C/CN(C(C)C)C(C)C)c3oc2c1. The maximum Gasteiger partial charge on any atom is 0.205 e. The fourth-order valence-corrected chi connectivity index (χ4v) is 4.31. The van der Waals surface area contributed by atoms with Crippen LogP contribution >= 0.6 is 0 Å². The fourth-order valence-electron chi connectivity index (χ4n) is 4.31. The summed E-state index contributed by atoms with van der Waals surface area (Å²) >= 11 is 0. The normalized spacial score (nSPS) is 12.7. The van der Waals surface area contributed by atoms with Gasteiger partial charge in [-0.25, -0.2) is 0 Å². The first-order valence-corrected chi connectivity index (χ1v) is 13.6. The van der Waals surface area contributed by atoms with E-state index >= 15 is 0 Å². The van der Waals surface area contributed by atoms with Crippen LogP contribution in [0.1, 0.15) is 55.4 Å². The fraction of sp³-hybridized carbons (Fsp3) is 0.424. The van der Waals surface area contributed by atoms with E-state index in [1.54, 1.807) is 30.4 Å². The molecule has 3 aromatic rings. The molecule has 216 valence electrons. The molecular formula is C33H43NO6. The lowest BCUT2D eigenvalue weighted by atomic mass is 10.1. The number of fused-ring (bicyclic) bond motifs is 2. The van der Waals surface area contributed by atoms with Crippen LogP contribution in [-0.4, -0.2) is 46.4 Å². The summed E-state index contributed by atoms with van der Waals surface area (Å²) in [6.45, 7) is 24.8. The molecule has 0 saturated heterocycles. The molecule has 0 aliphatic rings. The Bertz CT molecular complexity index is 1450. The minimum atomic E-state index is -0.705. The van der Waals surface area contributed by atoms with Gasteiger partial charge in [0.15, 0.2) is 11.3 Å². The monoisotopic (exact) mass is 549 g/mol. The number of phenolic OH excluding ortho intramolecular Hbond substituents is 1. The summed E-state index contributed by atoms with van der Waals surface area (Å²) in [6, 6.07) is 7.10. The van der Waals surface area contributed by atoms with E-state index in [0.717, 1.165) is 6.54 Å². The Morgan fingerprint density at radius 2 is 1.60 bits per heavy atom. The molecule has 0 spiro atoms. The standard InChI is InChI=1S/C33H43NO6/c1-11-32(7,8)39-23-19-25(35)28-27(20-23)38-30-24(29(28)36)15-16-26(40-33(9,10)12-2)31(30)37-18-14-13-17-34(21(3)4)22(5)6/h11-16,19-22,35H,1-2,17-18H2,3-10H3/b14-13+. The highest BCUT2D eigenvalue weighted by Gasteiger charge is 2.24. The average molecular weight is 550 g/mol. The van der Waals surface area contributed by atoms with Gasteiger partial charge in [-0.05, 0) is 79.7 Å². The van der Waals surface area contributed by atoms with E-state index in [4.69, 9.17) is 18.6 Å². The molecule has 40 heavy (non-hydrogen) atoms. The maximum absolute atomic E-state index is 13.5. The topological polar surface area (TPSA) is 81.4 Å². The van der Waals surface area contributed by atoms with E-state index in [1.165, 1.54) is 6.07 Å². The van der Waals surface area contributed by atoms with Crippen molar-refractivity contribution in [3.05, 3.63) is 72.0 Å². The first-order chi connectivity index (χ1) is 18.7. The van der Waals surface area contributed by atoms with Crippen LogP contribution in [0.2, 0.25) is 0 Å². The molecule has 2 aromatic carbocycles. The van der Waals surface area contributed by atoms with Gasteiger partial charge in [0.25, 0.3) is 0 Å². The third kappa shape index (κ3) is 7.07. The van der Waals surface area contributed by atoms with Crippen molar-refractivity contribution >= 4 is 21.9 Å². The summed E-state index contributed by atoms with van der Waals surface area (Å²) in [5, 5.41) is 11.1. The van der Waals surface area contributed by atoms with Crippen molar-refractivity contribution in [3.8, 4) is 23.0 Å². The van der Waals surface area contributed by atoms with Gasteiger partial charge in [-0.15, -0.1) is 0 Å². The van der Waals surface area contributed by atoms with Gasteiger partial charge < -0.3 is 23.7 Å². The van der Waals surface area contributed by atoms with Crippen LogP contribution in [0.3, 0.4) is 0 Å². The lowest BCUT2D eigenvalue weighted by Crippen LogP contribution is -2.37. The van der Waals surface area contributed by atoms with Crippen molar-refractivity contribution in [1.29, 1.82) is 0 Å². The third-order valence-corrected chi connectivity index (χ3v) is 6.69. The second kappa shape index (κ2) is 12.2. The zero-order valence-corrected chi connectivity index (χ0v) is 25.0. The average Bonchev–Trinajstić information content (AvgIpc) is 2.85. The van der Waals surface area contributed by atoms with E-state index in [9.17, 15) is 9.90 Å². The molecule has 0 fully saturated rings. The third-order valence-electron chi connectivity index (χ3n) is 6.69. The quantitative estimate of drug-likeness (QED) is 0.176. The summed E-state index contributed by atoms with van der Waals surface area (Å²) in [4.78, 5) is 15.9. The van der Waals surface area contributed by atoms with E-state index < -0.39 is 11.2 Å². The van der Waals surface area contributed by atoms with Crippen LogP contribution in [-0.2, 0) is 0 Å². The van der Waals surface area contributed by atoms with Crippen LogP contribution in [0.15, 0.2) is 70.9 Å². The number of hydrogen-bond donors (Lipinski definition) is 1. The highest BCUT2D eigenvalue weighted by atomic mass is 16.5. The Kier molecular flexibility index (Phi) is 9.41. The Hall–Kier alpha value is -3.71. The van der Waals surface area contributed by atoms with Crippen LogP contribution in [0, 0.1) is 0 Å². The van der Waals surface area contributed by atoms with Crippen molar-refractivity contribution in [2.24, 2.45) is 0 Å². The van der Waals surface area contributed by atoms with Gasteiger partial charge >= 0.3 is 0 Å². The molecule has 7 heteroatoms. The highest BCUT2D eigenvalue weighted by molar-refractivity contribution is 5.96. The number of phenols is 1. The minimum Gasteiger partial charge on any atom is -0.507 e. The number of nitrogens with zero attached hydrogens (tertiary/aromatic N) is 1. The Labute approximate surface area is 237 Å². The second-order valence-corrected chi connectivity index (χ2v) is 11.5. The van der Waals surface area contributed by atoms with Gasteiger partial charge in [0.1, 0.15) is 40.3 Å². The molecule has 1 aromatic heterocycles. The molecule has 0 unspecified atom stereocenters. The van der Waals surface area contributed by atoms with E-state index in [0.29, 0.717) is 23.6 Å². The lowest BCUT2D eigenvalue weighted by molar-refractivity contribution is 0.154. The van der Waals surface area contributed by atoms with Crippen LogP contribution in [0.4, 0.5) is 0 Å². The molecule has 0 bridgehead atoms. The summed E-state index contributed by atoms with van der Waals surface area (Å²) in [5.41, 5.74) is -1.41. The highest BCUT2D eigenvalue weighted by Crippen LogP contribution is 2.40. The molecular weight excluding hydrogens is 506 g/mol. The van der Waals surface area contributed by atoms with Crippen LogP contribution < -0.4 is 19.6 Å². The van der Waals surface area contributed by atoms with Crippen LogP contribution in [0.5, 0.6) is 23.0 Å². The van der Waals surface area contributed by atoms with E-state index in [2.05, 4.69) is 51.8 Å². The van der Waals surface area contributed by atoms with Gasteiger partial charge in [-0.2, -0.15) is 0 Å². The Morgan fingerprint density at radius 1 is 0.975 bits per heavy atom. The smallest absolute Gasteiger partial charge is 0.205 e. The van der Waals surface area contributed by atoms with E-state index in [-0.39, 0.29) is 45.5 Å².